The first kappa shape index (κ1) is 12.8. The molecule has 0 atom stereocenters. The second-order valence-electron chi connectivity index (χ2n) is 5.25. The van der Waals surface area contributed by atoms with E-state index in [9.17, 15) is 0 Å². The number of para-hydroxylation sites is 2. The molecule has 0 amide bonds. The Morgan fingerprint density at radius 1 is 0.773 bits per heavy atom. The second kappa shape index (κ2) is 4.84. The Balaban J connectivity index is 1.65. The highest BCUT2D eigenvalue weighted by Gasteiger charge is 2.37. The summed E-state index contributed by atoms with van der Waals surface area (Å²) < 4.78 is 15.1. The Morgan fingerprint density at radius 3 is 2.00 bits per heavy atom. The third-order valence-corrected chi connectivity index (χ3v) is 3.78. The maximum absolute atomic E-state index is 15.1. The monoisotopic (exact) mass is 291 g/mol. The quantitative estimate of drug-likeness (QED) is 0.689. The maximum Gasteiger partial charge on any atom is 0.282 e. The number of benzene rings is 2. The van der Waals surface area contributed by atoms with Crippen LogP contribution in [0.4, 0.5) is 15.8 Å². The van der Waals surface area contributed by atoms with Crippen molar-refractivity contribution in [2.24, 2.45) is 0 Å². The lowest BCUT2D eigenvalue weighted by atomic mass is 10.1. The van der Waals surface area contributed by atoms with E-state index in [0.717, 1.165) is 22.6 Å². The van der Waals surface area contributed by atoms with Crippen molar-refractivity contribution in [1.82, 2.24) is 4.98 Å². The number of hydrogen-bond acceptors (Lipinski definition) is 3. The van der Waals surface area contributed by atoms with Crippen LogP contribution in [0.5, 0.6) is 0 Å². The van der Waals surface area contributed by atoms with E-state index in [-0.39, 0.29) is 0 Å². The number of nitrogens with one attached hydrogen (secondary N) is 2. The number of aromatic nitrogens is 1. The van der Waals surface area contributed by atoms with E-state index >= 15 is 4.39 Å². The molecule has 2 aromatic carbocycles. The summed E-state index contributed by atoms with van der Waals surface area (Å²) >= 11 is 0. The summed E-state index contributed by atoms with van der Waals surface area (Å²) in [4.78, 5) is 4.30. The second-order valence-corrected chi connectivity index (χ2v) is 5.25. The Kier molecular flexibility index (Phi) is 2.82. The molecule has 4 rings (SSSR count). The number of rotatable bonds is 2. The number of anilines is 2. The molecule has 4 heteroatoms. The Morgan fingerprint density at radius 2 is 1.41 bits per heavy atom. The first-order valence-corrected chi connectivity index (χ1v) is 7.11. The molecule has 0 radical (unpaired) electrons. The fourth-order valence-corrected chi connectivity index (χ4v) is 2.65. The summed E-state index contributed by atoms with van der Waals surface area (Å²) in [5.74, 6) is -1.79. The number of hydrogen-bond donors (Lipinski definition) is 2. The van der Waals surface area contributed by atoms with Crippen LogP contribution in [0.3, 0.4) is 0 Å². The van der Waals surface area contributed by atoms with E-state index in [0.29, 0.717) is 5.56 Å². The van der Waals surface area contributed by atoms with Gasteiger partial charge in [0.15, 0.2) is 0 Å². The molecule has 3 nitrogen and oxygen atoms in total. The molecule has 0 spiro atoms. The van der Waals surface area contributed by atoms with Gasteiger partial charge in [-0.15, -0.1) is 0 Å². The van der Waals surface area contributed by atoms with Crippen LogP contribution >= 0.6 is 0 Å². The molecule has 0 unspecified atom stereocenters. The summed E-state index contributed by atoms with van der Waals surface area (Å²) in [7, 11) is 0. The minimum Gasteiger partial charge on any atom is -0.331 e. The zero-order valence-electron chi connectivity index (χ0n) is 11.8. The molecule has 0 saturated heterocycles. The van der Waals surface area contributed by atoms with E-state index in [4.69, 9.17) is 0 Å². The van der Waals surface area contributed by atoms with Crippen molar-refractivity contribution in [2.75, 3.05) is 10.6 Å². The van der Waals surface area contributed by atoms with Crippen molar-refractivity contribution in [3.63, 3.8) is 0 Å². The van der Waals surface area contributed by atoms with Crippen LogP contribution in [0.2, 0.25) is 0 Å². The van der Waals surface area contributed by atoms with Gasteiger partial charge in [-0.25, -0.2) is 0 Å². The van der Waals surface area contributed by atoms with Crippen molar-refractivity contribution >= 4 is 11.4 Å². The van der Waals surface area contributed by atoms with E-state index in [2.05, 4.69) is 15.6 Å². The molecule has 0 bridgehead atoms. The highest BCUT2D eigenvalue weighted by molar-refractivity contribution is 5.76. The number of pyridine rings is 1. The average molecular weight is 291 g/mol. The van der Waals surface area contributed by atoms with Crippen LogP contribution in [0, 0.1) is 0 Å². The molecule has 1 aromatic heterocycles. The Bertz CT molecular complexity index is 775. The predicted octanol–water partition coefficient (Wildman–Crippen LogP) is 4.37. The number of halogens is 1. The smallest absolute Gasteiger partial charge is 0.282 e. The molecular formula is C18H14FN3. The van der Waals surface area contributed by atoms with Gasteiger partial charge in [0.2, 0.25) is 0 Å². The van der Waals surface area contributed by atoms with Gasteiger partial charge in [-0.1, -0.05) is 42.5 Å². The molecule has 0 fully saturated rings. The van der Waals surface area contributed by atoms with E-state index in [1.807, 2.05) is 54.6 Å². The number of fused-ring (bicyclic) bond motifs is 1. The molecule has 1 aliphatic rings. The van der Waals surface area contributed by atoms with Crippen LogP contribution in [0.1, 0.15) is 5.56 Å². The summed E-state index contributed by atoms with van der Waals surface area (Å²) in [6, 6.07) is 20.5. The first-order chi connectivity index (χ1) is 10.7. The summed E-state index contributed by atoms with van der Waals surface area (Å²) in [5, 5.41) is 5.79. The minimum atomic E-state index is -1.79. The van der Waals surface area contributed by atoms with Crippen molar-refractivity contribution in [2.45, 2.75) is 5.92 Å². The van der Waals surface area contributed by atoms with Crippen LogP contribution in [-0.2, 0) is 5.92 Å². The normalized spacial score (nSPS) is 14.8. The molecule has 3 aromatic rings. The van der Waals surface area contributed by atoms with Gasteiger partial charge in [0.05, 0.1) is 17.1 Å². The van der Waals surface area contributed by atoms with E-state index < -0.39 is 5.92 Å². The molecule has 22 heavy (non-hydrogen) atoms. The lowest BCUT2D eigenvalue weighted by Gasteiger charge is -2.22. The largest absolute Gasteiger partial charge is 0.331 e. The standard InChI is InChI=1S/C18H14FN3/c19-18(21-16-6-1-2-7-17(16)22-18)14-10-8-13(9-11-14)15-5-3-4-12-20-15/h1-12,21-22H. The third-order valence-electron chi connectivity index (χ3n) is 3.78. The van der Waals surface area contributed by atoms with Crippen molar-refractivity contribution in [1.29, 1.82) is 0 Å². The fourth-order valence-electron chi connectivity index (χ4n) is 2.65. The number of alkyl halides is 1. The minimum absolute atomic E-state index is 0.531. The molecule has 108 valence electrons. The van der Waals surface area contributed by atoms with Crippen molar-refractivity contribution in [3.05, 3.63) is 78.5 Å². The maximum atomic E-state index is 15.1. The SMILES string of the molecule is FC1(c2ccc(-c3ccccn3)cc2)Nc2ccccc2N1. The van der Waals surface area contributed by atoms with E-state index in [1.54, 1.807) is 18.3 Å². The highest BCUT2D eigenvalue weighted by Crippen LogP contribution is 2.40. The Hall–Kier alpha value is -2.88. The van der Waals surface area contributed by atoms with Gasteiger partial charge in [-0.3, -0.25) is 4.98 Å². The fraction of sp³-hybridized carbons (Fsp3) is 0.0556. The molecule has 0 aliphatic carbocycles. The molecule has 2 heterocycles. The topological polar surface area (TPSA) is 37.0 Å². The summed E-state index contributed by atoms with van der Waals surface area (Å²) in [6.45, 7) is 0. The van der Waals surface area contributed by atoms with Gasteiger partial charge in [0.25, 0.3) is 5.92 Å². The van der Waals surface area contributed by atoms with E-state index in [1.165, 1.54) is 0 Å². The van der Waals surface area contributed by atoms with Crippen molar-refractivity contribution < 1.29 is 4.39 Å². The molecule has 0 saturated carbocycles. The van der Waals surface area contributed by atoms with Gasteiger partial charge in [0, 0.05) is 17.3 Å². The predicted molar refractivity (Wildman–Crippen MR) is 86.1 cm³/mol. The molecule has 1 aliphatic heterocycles. The Labute approximate surface area is 127 Å². The van der Waals surface area contributed by atoms with Gasteiger partial charge in [-0.2, -0.15) is 4.39 Å². The summed E-state index contributed by atoms with van der Waals surface area (Å²) in [6.07, 6.45) is 1.75. The first-order valence-electron chi connectivity index (χ1n) is 7.11. The van der Waals surface area contributed by atoms with Crippen LogP contribution in [0.25, 0.3) is 11.3 Å². The van der Waals surface area contributed by atoms with Gasteiger partial charge in [0.1, 0.15) is 0 Å². The van der Waals surface area contributed by atoms with Crippen LogP contribution in [-0.4, -0.2) is 4.98 Å². The highest BCUT2D eigenvalue weighted by atomic mass is 19.1. The lowest BCUT2D eigenvalue weighted by Crippen LogP contribution is -2.33. The van der Waals surface area contributed by atoms with Gasteiger partial charge >= 0.3 is 0 Å². The van der Waals surface area contributed by atoms with Gasteiger partial charge in [-0.05, 0) is 24.3 Å². The zero-order chi connectivity index (χ0) is 15.0. The van der Waals surface area contributed by atoms with Gasteiger partial charge < -0.3 is 10.6 Å². The van der Waals surface area contributed by atoms with Crippen molar-refractivity contribution in [3.8, 4) is 11.3 Å². The van der Waals surface area contributed by atoms with Crippen LogP contribution in [0.15, 0.2) is 72.9 Å². The third kappa shape index (κ3) is 2.09. The molecular weight excluding hydrogens is 277 g/mol. The summed E-state index contributed by atoms with van der Waals surface area (Å²) in [5.41, 5.74) is 3.89. The average Bonchev–Trinajstić information content (AvgIpc) is 2.93. The van der Waals surface area contributed by atoms with Crippen LogP contribution < -0.4 is 10.6 Å². The lowest BCUT2D eigenvalue weighted by molar-refractivity contribution is 0.254. The molecule has 2 N–H and O–H groups in total. The number of nitrogens with zero attached hydrogens (tertiary/aromatic N) is 1. The zero-order valence-corrected chi connectivity index (χ0v) is 11.8.